The lowest BCUT2D eigenvalue weighted by atomic mass is 9.80. The van der Waals surface area contributed by atoms with Crippen molar-refractivity contribution in [1.29, 1.82) is 0 Å². The maximum Gasteiger partial charge on any atom is 0.471 e. The highest BCUT2D eigenvalue weighted by Crippen LogP contribution is 2.42. The Morgan fingerprint density at radius 3 is 2.01 bits per heavy atom. The number of ether oxygens (including phenoxy) is 4. The number of hydrogen-bond acceptors (Lipinski definition) is 18. The summed E-state index contributed by atoms with van der Waals surface area (Å²) in [5.74, 6) is -2.79. The average molecular weight is 1330 g/mol. The van der Waals surface area contributed by atoms with E-state index in [4.69, 9.17) is 18.9 Å². The minimum absolute atomic E-state index is 0.0481. The van der Waals surface area contributed by atoms with E-state index in [0.29, 0.717) is 73.8 Å². The summed E-state index contributed by atoms with van der Waals surface area (Å²) in [5.41, 5.74) is -0.531. The van der Waals surface area contributed by atoms with E-state index in [0.717, 1.165) is 72.9 Å². The number of aromatic nitrogens is 4. The molecule has 6 amide bonds. The number of β-amino-alcohol motifs (C(OH)–C–C–N with tert-alkyl or cyclic N) is 1. The molecule has 0 saturated carbocycles. The number of H-pyrrole nitrogens is 1. The number of carbonyl (C=O) groups is 7. The van der Waals surface area contributed by atoms with Crippen LogP contribution in [0.25, 0.3) is 11.2 Å². The number of fused-ring (bicyclic) bond motifs is 1. The minimum Gasteiger partial charge on any atom is -0.497 e. The molecule has 3 heterocycles. The summed E-state index contributed by atoms with van der Waals surface area (Å²) in [4.78, 5) is 119. The number of aliphatic hydroxyl groups excluding tert-OH is 1. The van der Waals surface area contributed by atoms with E-state index in [1.807, 2.05) is 78.9 Å². The Kier molecular flexibility index (Phi) is 26.9. The number of carbonyl (C=O) groups excluding carboxylic acids is 7. The number of esters is 1. The molecule has 7 rings (SSSR count). The summed E-state index contributed by atoms with van der Waals surface area (Å²) in [6, 6.07) is 28.1. The highest BCUT2D eigenvalue weighted by atomic mass is 33.1. The van der Waals surface area contributed by atoms with E-state index < -0.39 is 71.5 Å². The first-order valence-electron chi connectivity index (χ1n) is 30.3. The van der Waals surface area contributed by atoms with Gasteiger partial charge in [0.25, 0.3) is 11.5 Å². The summed E-state index contributed by atoms with van der Waals surface area (Å²) in [7, 11) is 7.57. The fraction of sp³-hybridized carbons (Fsp3) is 0.431. The van der Waals surface area contributed by atoms with Gasteiger partial charge in [-0.25, -0.2) is 14.8 Å². The number of anilines is 2. The zero-order valence-corrected chi connectivity index (χ0v) is 53.9. The van der Waals surface area contributed by atoms with E-state index in [1.54, 1.807) is 54.6 Å². The monoisotopic (exact) mass is 1330 g/mol. The van der Waals surface area contributed by atoms with Gasteiger partial charge in [-0.3, -0.25) is 48.8 Å². The second kappa shape index (κ2) is 34.9. The molecule has 498 valence electrons. The van der Waals surface area contributed by atoms with Crippen molar-refractivity contribution in [2.24, 2.45) is 5.92 Å². The Bertz CT molecular complexity index is 3510. The van der Waals surface area contributed by atoms with E-state index in [1.165, 1.54) is 0 Å². The van der Waals surface area contributed by atoms with Gasteiger partial charge in [0.2, 0.25) is 29.6 Å². The third-order valence-corrected chi connectivity index (χ3v) is 17.7. The second-order valence-electron chi connectivity index (χ2n) is 22.1. The van der Waals surface area contributed by atoms with Crippen molar-refractivity contribution in [2.75, 3.05) is 69.3 Å². The fourth-order valence-electron chi connectivity index (χ4n) is 10.2. The van der Waals surface area contributed by atoms with Crippen LogP contribution in [0.2, 0.25) is 0 Å². The summed E-state index contributed by atoms with van der Waals surface area (Å²) < 4.78 is 64.5. The molecule has 28 heteroatoms. The number of halogens is 3. The standard InChI is InChI=1S/C65H77F3N10O13S2/c1-41(2)58(83)75-63-74-57-56(60(85)76-63)72-46(37-71-57)38-78(62(87)65(66,67)68)47-24-18-42(19-25-47)59(84)73-52(61(86)90-5)30-31-54(81)69-32-12-7-6-11-16-53(80)70-33-35-93-92-34-13-17-55(82)77-39-49(79)36-48(77)40-91-64(43-14-9-8-10-15-43,44-20-26-50(88-3)27-21-44)45-22-28-51(89-4)29-23-45/h8-10,14-15,18-29,37,41,48-49,52,79H,6-7,11-13,16-17,30-36,38-40H2,1-5H3,(H,69,81)(H,70,80)(H,73,84)(H2,71,74,75,76,83,85)/t48-,49+,52-/m0/s1. The first-order chi connectivity index (χ1) is 44.6. The van der Waals surface area contributed by atoms with Gasteiger partial charge in [-0.05, 0) is 97.3 Å². The molecule has 2 aromatic heterocycles. The number of nitrogens with one attached hydrogen (secondary N) is 5. The molecule has 6 aromatic rings. The Morgan fingerprint density at radius 2 is 1.38 bits per heavy atom. The number of benzene rings is 4. The molecule has 0 aliphatic carbocycles. The summed E-state index contributed by atoms with van der Waals surface area (Å²) >= 11 is 0. The predicted molar refractivity (Wildman–Crippen MR) is 345 cm³/mol. The number of unbranched alkanes of at least 4 members (excludes halogenated alkanes) is 3. The molecule has 0 radical (unpaired) electrons. The van der Waals surface area contributed by atoms with Crippen LogP contribution in [0.3, 0.4) is 0 Å². The summed E-state index contributed by atoms with van der Waals surface area (Å²) in [6.45, 7) is 3.63. The number of aromatic amines is 1. The quantitative estimate of drug-likeness (QED) is 0.00972. The second-order valence-corrected chi connectivity index (χ2v) is 24.8. The van der Waals surface area contributed by atoms with Crippen molar-refractivity contribution in [1.82, 2.24) is 40.8 Å². The zero-order chi connectivity index (χ0) is 67.1. The van der Waals surface area contributed by atoms with E-state index in [-0.39, 0.29) is 77.9 Å². The van der Waals surface area contributed by atoms with Crippen LogP contribution in [0.15, 0.2) is 114 Å². The number of aliphatic hydroxyl groups is 1. The lowest BCUT2D eigenvalue weighted by molar-refractivity contribution is -0.170. The number of alkyl halides is 3. The molecule has 93 heavy (non-hydrogen) atoms. The molecular formula is C65H77F3N10O13S2. The molecule has 4 aromatic carbocycles. The third-order valence-electron chi connectivity index (χ3n) is 15.2. The normalized spacial score (nSPS) is 14.3. The molecule has 1 aliphatic rings. The number of rotatable bonds is 34. The van der Waals surface area contributed by atoms with Crippen molar-refractivity contribution >= 4 is 85.8 Å². The number of hydrogen-bond donors (Lipinski definition) is 6. The van der Waals surface area contributed by atoms with Crippen LogP contribution in [0.4, 0.5) is 24.8 Å². The Balaban J connectivity index is 0.763. The Morgan fingerprint density at radius 1 is 0.753 bits per heavy atom. The molecule has 1 aliphatic heterocycles. The number of likely N-dealkylation sites (tertiary alicyclic amines) is 1. The SMILES string of the molecule is COC(=O)[C@H](CCC(=O)NCCCCCCC(=O)NCCSSCCCC(=O)N1C[C@H](O)C[C@H]1COC(c1ccccc1)(c1ccc(OC)cc1)c1ccc(OC)cc1)NC(=O)c1ccc(N(Cc2cnc3nc(NC(=O)C(C)C)[nH]c(=O)c3n2)C(=O)C(F)(F)F)cc1. The minimum atomic E-state index is -5.35. The Hall–Kier alpha value is -8.60. The predicted octanol–water partition coefficient (Wildman–Crippen LogP) is 7.79. The fourth-order valence-corrected chi connectivity index (χ4v) is 12.2. The molecule has 0 spiro atoms. The molecule has 3 atom stereocenters. The lowest BCUT2D eigenvalue weighted by Crippen LogP contribution is -2.42. The topological polar surface area (TPSA) is 303 Å². The zero-order valence-electron chi connectivity index (χ0n) is 52.3. The van der Waals surface area contributed by atoms with Crippen LogP contribution < -0.4 is 41.2 Å². The maximum atomic E-state index is 13.9. The van der Waals surface area contributed by atoms with Crippen LogP contribution in [-0.4, -0.2) is 155 Å². The average Bonchev–Trinajstić information content (AvgIpc) is 1.02. The largest absolute Gasteiger partial charge is 0.497 e. The van der Waals surface area contributed by atoms with Crippen molar-refractivity contribution in [3.05, 3.63) is 148 Å². The van der Waals surface area contributed by atoms with Gasteiger partial charge in [0.15, 0.2) is 11.2 Å². The highest BCUT2D eigenvalue weighted by molar-refractivity contribution is 8.76. The first kappa shape index (κ1) is 71.8. The van der Waals surface area contributed by atoms with E-state index in [9.17, 15) is 56.6 Å². The molecule has 0 unspecified atom stereocenters. The van der Waals surface area contributed by atoms with Gasteiger partial charge < -0.3 is 44.9 Å². The summed E-state index contributed by atoms with van der Waals surface area (Å²) in [6.07, 6.45) is -0.907. The third kappa shape index (κ3) is 20.4. The van der Waals surface area contributed by atoms with Crippen LogP contribution in [0.5, 0.6) is 11.5 Å². The van der Waals surface area contributed by atoms with Crippen molar-refractivity contribution in [3.8, 4) is 11.5 Å². The van der Waals surface area contributed by atoms with Crippen LogP contribution in [-0.2, 0) is 50.4 Å². The van der Waals surface area contributed by atoms with Gasteiger partial charge in [-0.1, -0.05) is 103 Å². The van der Waals surface area contributed by atoms with Crippen molar-refractivity contribution in [2.45, 2.75) is 115 Å². The van der Waals surface area contributed by atoms with Gasteiger partial charge in [0, 0.05) is 67.6 Å². The van der Waals surface area contributed by atoms with Gasteiger partial charge >= 0.3 is 18.1 Å². The van der Waals surface area contributed by atoms with E-state index >= 15 is 0 Å². The Labute approximate surface area is 543 Å². The summed E-state index contributed by atoms with van der Waals surface area (Å²) in [5, 5.41) is 21.5. The maximum absolute atomic E-state index is 13.9. The van der Waals surface area contributed by atoms with Crippen molar-refractivity contribution in [3.63, 3.8) is 0 Å². The van der Waals surface area contributed by atoms with Crippen LogP contribution >= 0.6 is 21.6 Å². The molecule has 23 nitrogen and oxygen atoms in total. The lowest BCUT2D eigenvalue weighted by Gasteiger charge is -2.38. The van der Waals surface area contributed by atoms with Crippen molar-refractivity contribution < 1.29 is 70.8 Å². The van der Waals surface area contributed by atoms with Crippen LogP contribution in [0, 0.1) is 5.92 Å². The number of methoxy groups -OCH3 is 3. The molecule has 1 fully saturated rings. The van der Waals surface area contributed by atoms with Gasteiger partial charge in [0.05, 0.1) is 58.5 Å². The van der Waals surface area contributed by atoms with Gasteiger partial charge in [0.1, 0.15) is 23.1 Å². The van der Waals surface area contributed by atoms with Crippen LogP contribution in [0.1, 0.15) is 111 Å². The van der Waals surface area contributed by atoms with Gasteiger partial charge in [-0.2, -0.15) is 18.2 Å². The smallest absolute Gasteiger partial charge is 0.471 e. The molecule has 1 saturated heterocycles. The van der Waals surface area contributed by atoms with Gasteiger partial charge in [-0.15, -0.1) is 0 Å². The molecular weight excluding hydrogens is 1250 g/mol. The first-order valence-corrected chi connectivity index (χ1v) is 32.8. The highest BCUT2D eigenvalue weighted by Gasteiger charge is 2.44. The molecule has 6 N–H and O–H groups in total. The number of nitrogens with zero attached hydrogens (tertiary/aromatic N) is 5. The molecule has 0 bridgehead atoms. The van der Waals surface area contributed by atoms with E-state index in [2.05, 4.69) is 41.2 Å². The number of amides is 6.